The molecule has 0 aliphatic heterocycles. The van der Waals surface area contributed by atoms with E-state index in [0.29, 0.717) is 5.82 Å². The van der Waals surface area contributed by atoms with Crippen molar-refractivity contribution in [1.29, 1.82) is 0 Å². The molecule has 0 aliphatic rings. The predicted molar refractivity (Wildman–Crippen MR) is 73.4 cm³/mol. The van der Waals surface area contributed by atoms with E-state index in [4.69, 9.17) is 5.73 Å². The molecule has 0 spiro atoms. The van der Waals surface area contributed by atoms with Crippen LogP contribution in [-0.2, 0) is 0 Å². The molecule has 3 nitrogen and oxygen atoms in total. The molecule has 0 amide bonds. The van der Waals surface area contributed by atoms with Crippen LogP contribution in [0.2, 0.25) is 0 Å². The van der Waals surface area contributed by atoms with Gasteiger partial charge in [0.2, 0.25) is 0 Å². The highest BCUT2D eigenvalue weighted by atomic mass is 19.1. The van der Waals surface area contributed by atoms with E-state index >= 15 is 0 Å². The van der Waals surface area contributed by atoms with E-state index in [1.807, 2.05) is 30.3 Å². The van der Waals surface area contributed by atoms with Crippen LogP contribution in [0.3, 0.4) is 0 Å². The summed E-state index contributed by atoms with van der Waals surface area (Å²) in [6, 6.07) is 15.8. The fourth-order valence-corrected chi connectivity index (χ4v) is 1.98. The lowest BCUT2D eigenvalue weighted by atomic mass is 10.1. The number of nitrogen functional groups attached to an aromatic ring is 1. The van der Waals surface area contributed by atoms with E-state index in [1.54, 1.807) is 23.0 Å². The van der Waals surface area contributed by atoms with Crippen molar-refractivity contribution in [3.63, 3.8) is 0 Å². The minimum absolute atomic E-state index is 0.266. The second-order valence-electron chi connectivity index (χ2n) is 4.20. The van der Waals surface area contributed by atoms with Crippen molar-refractivity contribution in [1.82, 2.24) is 9.78 Å². The SMILES string of the molecule is Nc1c(-c2ccc(F)cc2)cnn1-c1ccccc1. The van der Waals surface area contributed by atoms with Crippen LogP contribution in [0.5, 0.6) is 0 Å². The summed E-state index contributed by atoms with van der Waals surface area (Å²) in [4.78, 5) is 0. The van der Waals surface area contributed by atoms with Crippen LogP contribution in [0.25, 0.3) is 16.8 Å². The van der Waals surface area contributed by atoms with Gasteiger partial charge in [0.25, 0.3) is 0 Å². The number of hydrogen-bond acceptors (Lipinski definition) is 2. The minimum Gasteiger partial charge on any atom is -0.383 e. The Bertz CT molecular complexity index is 687. The van der Waals surface area contributed by atoms with Crippen molar-refractivity contribution in [2.24, 2.45) is 0 Å². The molecule has 0 atom stereocenters. The summed E-state index contributed by atoms with van der Waals surface area (Å²) in [5, 5.41) is 4.28. The van der Waals surface area contributed by atoms with E-state index in [2.05, 4.69) is 5.10 Å². The van der Waals surface area contributed by atoms with E-state index < -0.39 is 0 Å². The zero-order valence-corrected chi connectivity index (χ0v) is 10.1. The van der Waals surface area contributed by atoms with E-state index in [0.717, 1.165) is 16.8 Å². The summed E-state index contributed by atoms with van der Waals surface area (Å²) in [5.41, 5.74) is 8.65. The van der Waals surface area contributed by atoms with Crippen LogP contribution >= 0.6 is 0 Å². The van der Waals surface area contributed by atoms with Crippen LogP contribution < -0.4 is 5.73 Å². The van der Waals surface area contributed by atoms with Gasteiger partial charge >= 0.3 is 0 Å². The molecule has 94 valence electrons. The molecule has 0 saturated heterocycles. The third-order valence-electron chi connectivity index (χ3n) is 2.96. The zero-order valence-electron chi connectivity index (χ0n) is 10.1. The number of aromatic nitrogens is 2. The molecule has 3 rings (SSSR count). The fourth-order valence-electron chi connectivity index (χ4n) is 1.98. The van der Waals surface area contributed by atoms with Crippen molar-refractivity contribution >= 4 is 5.82 Å². The Morgan fingerprint density at radius 1 is 0.947 bits per heavy atom. The summed E-state index contributed by atoms with van der Waals surface area (Å²) in [6.45, 7) is 0. The lowest BCUT2D eigenvalue weighted by Crippen LogP contribution is -2.01. The van der Waals surface area contributed by atoms with Gasteiger partial charge in [0.15, 0.2) is 0 Å². The molecule has 0 fully saturated rings. The lowest BCUT2D eigenvalue weighted by Gasteiger charge is -2.05. The second kappa shape index (κ2) is 4.57. The Kier molecular flexibility index (Phi) is 2.76. The van der Waals surface area contributed by atoms with Gasteiger partial charge in [-0.2, -0.15) is 5.10 Å². The smallest absolute Gasteiger partial charge is 0.135 e. The van der Waals surface area contributed by atoms with Crippen LogP contribution in [0.1, 0.15) is 0 Å². The molecule has 0 bridgehead atoms. The lowest BCUT2D eigenvalue weighted by molar-refractivity contribution is 0.628. The Labute approximate surface area is 110 Å². The van der Waals surface area contributed by atoms with Gasteiger partial charge in [-0.3, -0.25) is 0 Å². The number of halogens is 1. The first-order valence-electron chi connectivity index (χ1n) is 5.90. The summed E-state index contributed by atoms with van der Waals surface area (Å²) < 4.78 is 14.6. The van der Waals surface area contributed by atoms with Crippen molar-refractivity contribution in [3.8, 4) is 16.8 Å². The Balaban J connectivity index is 2.06. The second-order valence-corrected chi connectivity index (χ2v) is 4.20. The van der Waals surface area contributed by atoms with Gasteiger partial charge in [0.05, 0.1) is 11.9 Å². The van der Waals surface area contributed by atoms with Crippen LogP contribution in [0, 0.1) is 5.82 Å². The molecular formula is C15H12FN3. The number of anilines is 1. The first-order valence-corrected chi connectivity index (χ1v) is 5.90. The maximum atomic E-state index is 12.9. The molecule has 1 aromatic heterocycles. The number of hydrogen-bond donors (Lipinski definition) is 1. The number of para-hydroxylation sites is 1. The zero-order chi connectivity index (χ0) is 13.2. The topological polar surface area (TPSA) is 43.8 Å². The fraction of sp³-hybridized carbons (Fsp3) is 0. The maximum absolute atomic E-state index is 12.9. The Hall–Kier alpha value is -2.62. The quantitative estimate of drug-likeness (QED) is 0.761. The first-order chi connectivity index (χ1) is 9.25. The number of nitrogens with zero attached hydrogens (tertiary/aromatic N) is 2. The Morgan fingerprint density at radius 3 is 2.32 bits per heavy atom. The van der Waals surface area contributed by atoms with Crippen molar-refractivity contribution in [2.45, 2.75) is 0 Å². The van der Waals surface area contributed by atoms with Gasteiger partial charge in [-0.1, -0.05) is 30.3 Å². The molecule has 0 unspecified atom stereocenters. The third kappa shape index (κ3) is 2.08. The summed E-state index contributed by atoms with van der Waals surface area (Å²) in [5.74, 6) is 0.274. The molecule has 2 aromatic carbocycles. The monoisotopic (exact) mass is 253 g/mol. The summed E-state index contributed by atoms with van der Waals surface area (Å²) in [7, 11) is 0. The average Bonchev–Trinajstić information content (AvgIpc) is 2.83. The van der Waals surface area contributed by atoms with Crippen LogP contribution in [0.4, 0.5) is 10.2 Å². The van der Waals surface area contributed by atoms with Crippen LogP contribution in [0.15, 0.2) is 60.8 Å². The van der Waals surface area contributed by atoms with Gasteiger partial charge in [-0.25, -0.2) is 9.07 Å². The normalized spacial score (nSPS) is 10.6. The average molecular weight is 253 g/mol. The van der Waals surface area contributed by atoms with Crippen molar-refractivity contribution in [3.05, 3.63) is 66.6 Å². The molecule has 1 heterocycles. The Morgan fingerprint density at radius 2 is 1.63 bits per heavy atom. The molecule has 4 heteroatoms. The van der Waals surface area contributed by atoms with Gasteiger partial charge in [0, 0.05) is 5.56 Å². The predicted octanol–water partition coefficient (Wildman–Crippen LogP) is 3.26. The number of rotatable bonds is 2. The molecular weight excluding hydrogens is 241 g/mol. The molecule has 0 radical (unpaired) electrons. The summed E-state index contributed by atoms with van der Waals surface area (Å²) >= 11 is 0. The van der Waals surface area contributed by atoms with Gasteiger partial charge in [0.1, 0.15) is 11.6 Å². The van der Waals surface area contributed by atoms with E-state index in [1.165, 1.54) is 12.1 Å². The molecule has 3 aromatic rings. The van der Waals surface area contributed by atoms with Gasteiger partial charge in [-0.05, 0) is 29.8 Å². The van der Waals surface area contributed by atoms with E-state index in [-0.39, 0.29) is 5.82 Å². The molecule has 2 N–H and O–H groups in total. The highest BCUT2D eigenvalue weighted by Crippen LogP contribution is 2.27. The van der Waals surface area contributed by atoms with Gasteiger partial charge in [-0.15, -0.1) is 0 Å². The minimum atomic E-state index is -0.266. The standard InChI is InChI=1S/C15H12FN3/c16-12-8-6-11(7-9-12)14-10-18-19(15(14)17)13-4-2-1-3-5-13/h1-10H,17H2. The highest BCUT2D eigenvalue weighted by molar-refractivity contribution is 5.74. The van der Waals surface area contributed by atoms with Crippen molar-refractivity contribution in [2.75, 3.05) is 5.73 Å². The van der Waals surface area contributed by atoms with Crippen LogP contribution in [-0.4, -0.2) is 9.78 Å². The van der Waals surface area contributed by atoms with E-state index in [9.17, 15) is 4.39 Å². The molecule has 19 heavy (non-hydrogen) atoms. The molecule has 0 aliphatic carbocycles. The number of benzene rings is 2. The van der Waals surface area contributed by atoms with Crippen molar-refractivity contribution < 1.29 is 4.39 Å². The highest BCUT2D eigenvalue weighted by Gasteiger charge is 2.10. The summed E-state index contributed by atoms with van der Waals surface area (Å²) in [6.07, 6.45) is 1.69. The first kappa shape index (κ1) is 11.5. The third-order valence-corrected chi connectivity index (χ3v) is 2.96. The van der Waals surface area contributed by atoms with Gasteiger partial charge < -0.3 is 5.73 Å². The molecule has 0 saturated carbocycles. The largest absolute Gasteiger partial charge is 0.383 e. The maximum Gasteiger partial charge on any atom is 0.135 e. The number of nitrogens with two attached hydrogens (primary N) is 1.